The van der Waals surface area contributed by atoms with Crippen LogP contribution in [-0.4, -0.2) is 26.0 Å². The highest BCUT2D eigenvalue weighted by Gasteiger charge is 2.16. The Morgan fingerprint density at radius 3 is 2.27 bits per heavy atom. The molecule has 0 aliphatic carbocycles. The van der Waals surface area contributed by atoms with Crippen molar-refractivity contribution in [3.05, 3.63) is 0 Å². The fraction of sp³-hybridized carbons (Fsp3) is 0.875. The molecular formula is C8H18N2O. The standard InChI is InChI=1S/C8H18N2O/c1-7(11)10-6-8(2,3)5-9-4/h9H,5-6H2,1-4H3,(H,10,11). The fourth-order valence-corrected chi connectivity index (χ4v) is 0.905. The molecule has 0 heterocycles. The third-order valence-corrected chi connectivity index (χ3v) is 1.47. The van der Waals surface area contributed by atoms with Crippen molar-refractivity contribution < 1.29 is 4.79 Å². The van der Waals surface area contributed by atoms with Crippen molar-refractivity contribution in [1.29, 1.82) is 0 Å². The second-order valence-corrected chi connectivity index (χ2v) is 3.60. The van der Waals surface area contributed by atoms with Gasteiger partial charge in [0.1, 0.15) is 0 Å². The summed E-state index contributed by atoms with van der Waals surface area (Å²) in [5, 5.41) is 5.87. The van der Waals surface area contributed by atoms with Gasteiger partial charge in [-0.2, -0.15) is 0 Å². The van der Waals surface area contributed by atoms with Crippen molar-refractivity contribution in [1.82, 2.24) is 10.6 Å². The lowest BCUT2D eigenvalue weighted by Crippen LogP contribution is -2.38. The molecule has 0 fully saturated rings. The molecule has 0 rings (SSSR count). The predicted molar refractivity (Wildman–Crippen MR) is 46.4 cm³/mol. The molecule has 0 spiro atoms. The average molecular weight is 158 g/mol. The summed E-state index contributed by atoms with van der Waals surface area (Å²) in [4.78, 5) is 10.6. The molecule has 0 unspecified atom stereocenters. The summed E-state index contributed by atoms with van der Waals surface area (Å²) in [5.74, 6) is 0.0363. The van der Waals surface area contributed by atoms with Gasteiger partial charge in [-0.15, -0.1) is 0 Å². The van der Waals surface area contributed by atoms with Gasteiger partial charge in [0.15, 0.2) is 0 Å². The maximum absolute atomic E-state index is 10.6. The summed E-state index contributed by atoms with van der Waals surface area (Å²) < 4.78 is 0. The molecule has 0 aliphatic rings. The van der Waals surface area contributed by atoms with Crippen molar-refractivity contribution in [3.8, 4) is 0 Å². The van der Waals surface area contributed by atoms with E-state index in [-0.39, 0.29) is 11.3 Å². The predicted octanol–water partition coefficient (Wildman–Crippen LogP) is 0.368. The zero-order chi connectivity index (χ0) is 8.91. The molecule has 11 heavy (non-hydrogen) atoms. The van der Waals surface area contributed by atoms with Gasteiger partial charge in [-0.25, -0.2) is 0 Å². The van der Waals surface area contributed by atoms with E-state index in [1.165, 1.54) is 6.92 Å². The topological polar surface area (TPSA) is 41.1 Å². The van der Waals surface area contributed by atoms with E-state index < -0.39 is 0 Å². The highest BCUT2D eigenvalue weighted by molar-refractivity contribution is 5.72. The first-order chi connectivity index (χ1) is 4.98. The minimum absolute atomic E-state index is 0.0363. The van der Waals surface area contributed by atoms with E-state index in [0.717, 1.165) is 13.1 Å². The maximum Gasteiger partial charge on any atom is 0.216 e. The minimum Gasteiger partial charge on any atom is -0.356 e. The molecule has 0 aromatic rings. The summed E-state index contributed by atoms with van der Waals surface area (Å²) >= 11 is 0. The summed E-state index contributed by atoms with van der Waals surface area (Å²) in [5.41, 5.74) is 0.139. The molecular weight excluding hydrogens is 140 g/mol. The maximum atomic E-state index is 10.6. The second-order valence-electron chi connectivity index (χ2n) is 3.60. The van der Waals surface area contributed by atoms with E-state index in [0.29, 0.717) is 0 Å². The number of carbonyl (C=O) groups excluding carboxylic acids is 1. The van der Waals surface area contributed by atoms with E-state index in [9.17, 15) is 4.79 Å². The van der Waals surface area contributed by atoms with Crippen molar-refractivity contribution >= 4 is 5.91 Å². The number of nitrogens with one attached hydrogen (secondary N) is 2. The molecule has 1 amide bonds. The van der Waals surface area contributed by atoms with Crippen molar-refractivity contribution in [2.75, 3.05) is 20.1 Å². The number of rotatable bonds is 4. The van der Waals surface area contributed by atoms with Crippen LogP contribution in [0.1, 0.15) is 20.8 Å². The third-order valence-electron chi connectivity index (χ3n) is 1.47. The van der Waals surface area contributed by atoms with Gasteiger partial charge in [-0.1, -0.05) is 13.8 Å². The molecule has 0 aromatic heterocycles. The Hall–Kier alpha value is -0.570. The lowest BCUT2D eigenvalue weighted by molar-refractivity contribution is -0.119. The van der Waals surface area contributed by atoms with Crippen molar-refractivity contribution in [2.24, 2.45) is 5.41 Å². The quantitative estimate of drug-likeness (QED) is 0.620. The molecule has 0 atom stereocenters. The molecule has 2 N–H and O–H groups in total. The number of amides is 1. The van der Waals surface area contributed by atoms with E-state index in [1.54, 1.807) is 0 Å². The Morgan fingerprint density at radius 2 is 1.91 bits per heavy atom. The molecule has 3 heteroatoms. The van der Waals surface area contributed by atoms with Crippen LogP contribution in [0, 0.1) is 5.41 Å². The summed E-state index contributed by atoms with van der Waals surface area (Å²) in [6.07, 6.45) is 0. The zero-order valence-corrected chi connectivity index (χ0v) is 7.82. The number of carbonyl (C=O) groups is 1. The number of hydrogen-bond donors (Lipinski definition) is 2. The van der Waals surface area contributed by atoms with Gasteiger partial charge in [0.05, 0.1) is 0 Å². The molecule has 0 radical (unpaired) electrons. The average Bonchev–Trinajstić information content (AvgIpc) is 1.84. The monoisotopic (exact) mass is 158 g/mol. The van der Waals surface area contributed by atoms with E-state index in [1.807, 2.05) is 7.05 Å². The first-order valence-corrected chi connectivity index (χ1v) is 3.87. The lowest BCUT2D eigenvalue weighted by Gasteiger charge is -2.23. The van der Waals surface area contributed by atoms with Gasteiger partial charge in [-0.3, -0.25) is 4.79 Å². The third kappa shape index (κ3) is 5.85. The van der Waals surface area contributed by atoms with Crippen molar-refractivity contribution in [2.45, 2.75) is 20.8 Å². The van der Waals surface area contributed by atoms with Gasteiger partial charge in [0.2, 0.25) is 5.91 Å². The first-order valence-electron chi connectivity index (χ1n) is 3.87. The van der Waals surface area contributed by atoms with E-state index in [2.05, 4.69) is 24.5 Å². The van der Waals surface area contributed by atoms with Gasteiger partial charge in [-0.05, 0) is 12.5 Å². The zero-order valence-electron chi connectivity index (χ0n) is 7.82. The Bertz CT molecular complexity index is 132. The summed E-state index contributed by atoms with van der Waals surface area (Å²) in [6.45, 7) is 7.39. The largest absolute Gasteiger partial charge is 0.356 e. The highest BCUT2D eigenvalue weighted by Crippen LogP contribution is 2.10. The molecule has 66 valence electrons. The van der Waals surface area contributed by atoms with Gasteiger partial charge in [0.25, 0.3) is 0 Å². The fourth-order valence-electron chi connectivity index (χ4n) is 0.905. The SMILES string of the molecule is CNCC(C)(C)CNC(C)=O. The van der Waals surface area contributed by atoms with Crippen LogP contribution in [0.5, 0.6) is 0 Å². The van der Waals surface area contributed by atoms with Crippen LogP contribution in [0.3, 0.4) is 0 Å². The van der Waals surface area contributed by atoms with Crippen LogP contribution in [-0.2, 0) is 4.79 Å². The van der Waals surface area contributed by atoms with Crippen LogP contribution in [0.2, 0.25) is 0 Å². The van der Waals surface area contributed by atoms with Crippen LogP contribution >= 0.6 is 0 Å². The summed E-state index contributed by atoms with van der Waals surface area (Å²) in [6, 6.07) is 0. The van der Waals surface area contributed by atoms with Gasteiger partial charge in [0, 0.05) is 20.0 Å². The number of hydrogen-bond acceptors (Lipinski definition) is 2. The summed E-state index contributed by atoms with van der Waals surface area (Å²) in [7, 11) is 1.91. The van der Waals surface area contributed by atoms with Crippen LogP contribution in [0.4, 0.5) is 0 Å². The van der Waals surface area contributed by atoms with E-state index >= 15 is 0 Å². The highest BCUT2D eigenvalue weighted by atomic mass is 16.1. The second kappa shape index (κ2) is 4.34. The van der Waals surface area contributed by atoms with Gasteiger partial charge < -0.3 is 10.6 Å². The molecule has 0 aliphatic heterocycles. The lowest BCUT2D eigenvalue weighted by atomic mass is 9.93. The molecule has 0 saturated heterocycles. The Balaban J connectivity index is 3.63. The van der Waals surface area contributed by atoms with Crippen LogP contribution < -0.4 is 10.6 Å². The van der Waals surface area contributed by atoms with Crippen LogP contribution in [0.25, 0.3) is 0 Å². The Labute approximate surface area is 68.6 Å². The van der Waals surface area contributed by atoms with Gasteiger partial charge >= 0.3 is 0 Å². The Morgan fingerprint density at radius 1 is 1.36 bits per heavy atom. The smallest absolute Gasteiger partial charge is 0.216 e. The minimum atomic E-state index is 0.0363. The van der Waals surface area contributed by atoms with Crippen LogP contribution in [0.15, 0.2) is 0 Å². The molecule has 3 nitrogen and oxygen atoms in total. The molecule has 0 aromatic carbocycles. The molecule has 0 saturated carbocycles. The van der Waals surface area contributed by atoms with E-state index in [4.69, 9.17) is 0 Å². The Kier molecular flexibility index (Phi) is 4.11. The first kappa shape index (κ1) is 10.4. The normalized spacial score (nSPS) is 11.3. The van der Waals surface area contributed by atoms with Crippen molar-refractivity contribution in [3.63, 3.8) is 0 Å². The molecule has 0 bridgehead atoms.